The zero-order chi connectivity index (χ0) is 75.2. The molecule has 0 aliphatic rings. The van der Waals surface area contributed by atoms with Crippen molar-refractivity contribution in [3.63, 3.8) is 0 Å². The third-order valence-corrected chi connectivity index (χ3v) is 19.1. The molecular formula is C85H148O16P2. The molecule has 5 atom stereocenters. The summed E-state index contributed by atoms with van der Waals surface area (Å²) in [6.07, 6.45) is 92.7. The number of hydrogen-bond donors (Lipinski definition) is 4. The summed E-state index contributed by atoms with van der Waals surface area (Å²) in [6, 6.07) is 0. The van der Waals surface area contributed by atoms with Crippen molar-refractivity contribution in [2.75, 3.05) is 39.6 Å². The first-order valence-electron chi connectivity index (χ1n) is 40.8. The Balaban J connectivity index is 4.44. The summed E-state index contributed by atoms with van der Waals surface area (Å²) in [4.78, 5) is 58.6. The molecule has 0 spiro atoms. The van der Waals surface area contributed by atoms with Crippen molar-refractivity contribution in [2.45, 2.75) is 360 Å². The normalized spacial score (nSPS) is 14.6. The third kappa shape index (κ3) is 78.8. The van der Waals surface area contributed by atoms with Gasteiger partial charge in [0.05, 0.1) is 26.4 Å². The Kier molecular flexibility index (Phi) is 74.5. The Bertz CT molecular complexity index is 2360. The number of esters is 3. The van der Waals surface area contributed by atoms with Crippen LogP contribution in [0.2, 0.25) is 0 Å². The maximum atomic E-state index is 12.9. The van der Waals surface area contributed by atoms with Gasteiger partial charge < -0.3 is 34.2 Å². The van der Waals surface area contributed by atoms with Crippen LogP contribution in [0.1, 0.15) is 342 Å². The number of aliphatic hydroxyl groups excluding tert-OH is 2. The monoisotopic (exact) mass is 1490 g/mol. The van der Waals surface area contributed by atoms with E-state index in [1.54, 1.807) is 0 Å². The average molecular weight is 1490 g/mol. The van der Waals surface area contributed by atoms with Crippen LogP contribution in [0.5, 0.6) is 0 Å². The van der Waals surface area contributed by atoms with Crippen LogP contribution in [0.25, 0.3) is 0 Å². The summed E-state index contributed by atoms with van der Waals surface area (Å²) in [7, 11) is -9.80. The molecule has 16 nitrogen and oxygen atoms in total. The molecule has 0 aliphatic heterocycles. The SMILES string of the molecule is CC/C=C\C/C=C\C/C=C\C/C=C\C/C=C\C/C=C\CCCCC(=O)OCC(COP(=O)(O)OCC(O)COP(=O)(O)OCC(O)COC(=O)CCCCCCCCCCCCCCCCCCC/C=C\C/C=C\C/C=C\C/C=C\CCCCC)OC(=O)CCCCCCCCCCCCCCC. The van der Waals surface area contributed by atoms with Crippen molar-refractivity contribution in [3.05, 3.63) is 122 Å². The van der Waals surface area contributed by atoms with Gasteiger partial charge in [0, 0.05) is 19.3 Å². The van der Waals surface area contributed by atoms with Crippen LogP contribution < -0.4 is 0 Å². The number of unbranched alkanes of at least 4 members (excludes halogenated alkanes) is 34. The van der Waals surface area contributed by atoms with Crippen molar-refractivity contribution in [2.24, 2.45) is 0 Å². The van der Waals surface area contributed by atoms with Crippen molar-refractivity contribution < 1.29 is 75.8 Å². The smallest absolute Gasteiger partial charge is 0.463 e. The van der Waals surface area contributed by atoms with Gasteiger partial charge in [-0.2, -0.15) is 0 Å². The van der Waals surface area contributed by atoms with Gasteiger partial charge >= 0.3 is 33.6 Å². The number of aliphatic hydroxyl groups is 2. The maximum absolute atomic E-state index is 12.9. The van der Waals surface area contributed by atoms with Gasteiger partial charge in [0.2, 0.25) is 0 Å². The molecule has 0 heterocycles. The largest absolute Gasteiger partial charge is 0.472 e. The molecule has 0 rings (SSSR count). The fourth-order valence-electron chi connectivity index (χ4n) is 11.0. The van der Waals surface area contributed by atoms with Gasteiger partial charge in [0.1, 0.15) is 25.4 Å². The molecule has 0 amide bonds. The second-order valence-corrected chi connectivity index (χ2v) is 30.1. The van der Waals surface area contributed by atoms with Gasteiger partial charge in [-0.15, -0.1) is 0 Å². The van der Waals surface area contributed by atoms with Crippen molar-refractivity contribution in [1.29, 1.82) is 0 Å². The topological polar surface area (TPSA) is 231 Å². The van der Waals surface area contributed by atoms with E-state index in [4.69, 9.17) is 32.3 Å². The van der Waals surface area contributed by atoms with Crippen molar-refractivity contribution >= 4 is 33.6 Å². The number of allylic oxidation sites excluding steroid dienone is 20. The third-order valence-electron chi connectivity index (χ3n) is 17.2. The maximum Gasteiger partial charge on any atom is 0.472 e. The molecule has 0 fully saturated rings. The number of ether oxygens (including phenoxy) is 3. The van der Waals surface area contributed by atoms with E-state index in [-0.39, 0.29) is 19.3 Å². The molecule has 0 bridgehead atoms. The van der Waals surface area contributed by atoms with Gasteiger partial charge in [0.15, 0.2) is 6.10 Å². The van der Waals surface area contributed by atoms with Crippen LogP contribution in [0.3, 0.4) is 0 Å². The zero-order valence-corrected chi connectivity index (χ0v) is 66.7. The molecule has 4 N–H and O–H groups in total. The molecule has 5 unspecified atom stereocenters. The molecule has 0 aromatic rings. The lowest BCUT2D eigenvalue weighted by Crippen LogP contribution is -2.30. The molecule has 18 heteroatoms. The lowest BCUT2D eigenvalue weighted by Gasteiger charge is -2.21. The summed E-state index contributed by atoms with van der Waals surface area (Å²) >= 11 is 0. The van der Waals surface area contributed by atoms with Crippen LogP contribution in [0, 0.1) is 0 Å². The predicted molar refractivity (Wildman–Crippen MR) is 427 cm³/mol. The van der Waals surface area contributed by atoms with E-state index < -0.39 is 91.5 Å². The Morgan fingerprint density at radius 2 is 0.515 bits per heavy atom. The Hall–Kier alpha value is -4.05. The first-order chi connectivity index (χ1) is 50.2. The highest BCUT2D eigenvalue weighted by Gasteiger charge is 2.29. The number of phosphoric acid groups is 2. The number of rotatable bonds is 77. The van der Waals surface area contributed by atoms with E-state index in [1.165, 1.54) is 167 Å². The van der Waals surface area contributed by atoms with Crippen LogP contribution >= 0.6 is 15.6 Å². The van der Waals surface area contributed by atoms with Gasteiger partial charge in [-0.3, -0.25) is 32.5 Å². The number of carbonyl (C=O) groups excluding carboxylic acids is 3. The number of hydrogen-bond acceptors (Lipinski definition) is 14. The van der Waals surface area contributed by atoms with Crippen molar-refractivity contribution in [1.82, 2.24) is 0 Å². The van der Waals surface area contributed by atoms with E-state index in [9.17, 15) is 43.5 Å². The minimum Gasteiger partial charge on any atom is -0.463 e. The second-order valence-electron chi connectivity index (χ2n) is 27.2. The van der Waals surface area contributed by atoms with Gasteiger partial charge in [-0.25, -0.2) is 9.13 Å². The number of phosphoric ester groups is 2. The Labute approximate surface area is 627 Å². The first-order valence-corrected chi connectivity index (χ1v) is 43.8. The Morgan fingerprint density at radius 1 is 0.282 bits per heavy atom. The summed E-state index contributed by atoms with van der Waals surface area (Å²) < 4.78 is 61.1. The summed E-state index contributed by atoms with van der Waals surface area (Å²) in [5.74, 6) is -1.62. The van der Waals surface area contributed by atoms with Gasteiger partial charge in [0.25, 0.3) is 0 Å². The van der Waals surface area contributed by atoms with E-state index in [0.29, 0.717) is 19.3 Å². The van der Waals surface area contributed by atoms with E-state index in [1.807, 2.05) is 0 Å². The Morgan fingerprint density at radius 3 is 0.854 bits per heavy atom. The fourth-order valence-corrected chi connectivity index (χ4v) is 12.6. The van der Waals surface area contributed by atoms with E-state index in [2.05, 4.69) is 142 Å². The van der Waals surface area contributed by atoms with Crippen LogP contribution in [0.15, 0.2) is 122 Å². The minimum absolute atomic E-state index is 0.0961. The average Bonchev–Trinajstić information content (AvgIpc) is 0.944. The van der Waals surface area contributed by atoms with Gasteiger partial charge in [-0.05, 0) is 116 Å². The molecule has 0 saturated carbocycles. The van der Waals surface area contributed by atoms with E-state index in [0.717, 1.165) is 116 Å². The highest BCUT2D eigenvalue weighted by molar-refractivity contribution is 7.47. The molecule has 0 aromatic heterocycles. The number of carbonyl (C=O) groups is 3. The standard InChI is InChI=1S/C85H148O16P2/c1-4-7-10-13-16-19-22-25-27-29-31-33-34-35-36-37-38-39-40-41-42-43-44-46-48-49-51-54-56-59-62-65-68-71-83(88)95-74-80(86)75-97-102(91,92)98-76-81(87)77-99-103(93,94)100-79-82(101-85(90)73-70-67-64-61-58-53-24-21-18-15-12-9-6-3)78-96-84(89)72-69-66-63-60-57-55-52-50-47-45-32-30-28-26-23-20-17-14-11-8-5-2/h8,11,16-17,19-20,25-28,31-33,35-36,45,50,52,57,60,80-82,86-87H,4-7,9-10,12-15,18,21-24,29-30,34,37-44,46-49,51,53-56,58-59,61-79H2,1-3H3,(H,91,92)(H,93,94)/b11-8-,19-16-,20-17-,27-25-,28-26-,33-31-,36-35-,45-32-,52-50-,60-57-. The second kappa shape index (κ2) is 77.6. The highest BCUT2D eigenvalue weighted by atomic mass is 31.2. The molecule has 0 aromatic carbocycles. The predicted octanol–water partition coefficient (Wildman–Crippen LogP) is 24.1. The minimum atomic E-state index is -4.94. The highest BCUT2D eigenvalue weighted by Crippen LogP contribution is 2.45. The summed E-state index contributed by atoms with van der Waals surface area (Å²) in [5.41, 5.74) is 0. The lowest BCUT2D eigenvalue weighted by molar-refractivity contribution is -0.161. The van der Waals surface area contributed by atoms with Crippen LogP contribution in [-0.2, 0) is 55.8 Å². The molecule has 0 radical (unpaired) electrons. The molecule has 594 valence electrons. The molecular weight excluding hydrogens is 1340 g/mol. The van der Waals surface area contributed by atoms with E-state index >= 15 is 0 Å². The van der Waals surface area contributed by atoms with Gasteiger partial charge in [-0.1, -0.05) is 328 Å². The van der Waals surface area contributed by atoms with Crippen LogP contribution in [0.4, 0.5) is 0 Å². The van der Waals surface area contributed by atoms with Crippen LogP contribution in [-0.4, -0.2) is 95.9 Å². The first kappa shape index (κ1) is 98.9. The quantitative estimate of drug-likeness (QED) is 0.0146. The molecule has 103 heavy (non-hydrogen) atoms. The lowest BCUT2D eigenvalue weighted by atomic mass is 10.0. The van der Waals surface area contributed by atoms with Crippen molar-refractivity contribution in [3.8, 4) is 0 Å². The molecule has 0 saturated heterocycles. The molecule has 0 aliphatic carbocycles. The fraction of sp³-hybridized carbons (Fsp3) is 0.729. The summed E-state index contributed by atoms with van der Waals surface area (Å²) in [6.45, 7) is 2.51. The zero-order valence-electron chi connectivity index (χ0n) is 65.0. The summed E-state index contributed by atoms with van der Waals surface area (Å²) in [5, 5.41) is 20.6.